The van der Waals surface area contributed by atoms with Gasteiger partial charge in [-0.25, -0.2) is 4.79 Å². The standard InChI is InChI=1S/C15H21NO4/c1-19-13-9-12(17)10-5-3-7-16-8-4-6-11(13)15(10,16)14(18)20-2/h9-11H,3-8H2,1-2H3. The van der Waals surface area contributed by atoms with E-state index in [1.165, 1.54) is 7.11 Å². The molecule has 110 valence electrons. The van der Waals surface area contributed by atoms with Crippen LogP contribution in [0.25, 0.3) is 0 Å². The van der Waals surface area contributed by atoms with Crippen molar-refractivity contribution in [3.05, 3.63) is 11.8 Å². The predicted octanol–water partition coefficient (Wildman–Crippen LogP) is 1.13. The molecule has 2 saturated heterocycles. The van der Waals surface area contributed by atoms with E-state index in [9.17, 15) is 9.59 Å². The van der Waals surface area contributed by atoms with E-state index in [2.05, 4.69) is 4.90 Å². The van der Waals surface area contributed by atoms with Crippen LogP contribution >= 0.6 is 0 Å². The zero-order chi connectivity index (χ0) is 14.3. The molecule has 0 saturated carbocycles. The lowest BCUT2D eigenvalue weighted by Crippen LogP contribution is -2.71. The number of carbonyl (C=O) groups is 2. The predicted molar refractivity (Wildman–Crippen MR) is 71.9 cm³/mol. The Morgan fingerprint density at radius 1 is 1.25 bits per heavy atom. The molecule has 20 heavy (non-hydrogen) atoms. The molecule has 2 aliphatic heterocycles. The molecule has 2 fully saturated rings. The van der Waals surface area contributed by atoms with Crippen molar-refractivity contribution in [2.24, 2.45) is 11.8 Å². The maximum absolute atomic E-state index is 12.6. The number of piperidine rings is 2. The second-order valence-electron chi connectivity index (χ2n) is 5.85. The van der Waals surface area contributed by atoms with E-state index < -0.39 is 5.54 Å². The third-order valence-corrected chi connectivity index (χ3v) is 5.15. The molecule has 3 atom stereocenters. The Morgan fingerprint density at radius 2 is 1.90 bits per heavy atom. The Morgan fingerprint density at radius 3 is 2.50 bits per heavy atom. The molecule has 3 unspecified atom stereocenters. The van der Waals surface area contributed by atoms with Crippen LogP contribution in [0.1, 0.15) is 25.7 Å². The lowest BCUT2D eigenvalue weighted by Gasteiger charge is -2.57. The summed E-state index contributed by atoms with van der Waals surface area (Å²) in [6.07, 6.45) is 5.21. The van der Waals surface area contributed by atoms with Crippen LogP contribution in [0.15, 0.2) is 11.8 Å². The Kier molecular flexibility index (Phi) is 3.32. The van der Waals surface area contributed by atoms with Gasteiger partial charge in [0.05, 0.1) is 20.1 Å². The van der Waals surface area contributed by atoms with Gasteiger partial charge in [0.25, 0.3) is 0 Å². The maximum Gasteiger partial charge on any atom is 0.327 e. The first kappa shape index (κ1) is 13.6. The van der Waals surface area contributed by atoms with Crippen molar-refractivity contribution >= 4 is 11.8 Å². The molecular formula is C15H21NO4. The summed E-state index contributed by atoms with van der Waals surface area (Å²) >= 11 is 0. The van der Waals surface area contributed by atoms with E-state index in [4.69, 9.17) is 9.47 Å². The topological polar surface area (TPSA) is 55.8 Å². The number of methoxy groups -OCH3 is 2. The third kappa shape index (κ3) is 1.59. The number of nitrogens with zero attached hydrogens (tertiary/aromatic N) is 1. The zero-order valence-electron chi connectivity index (χ0n) is 12.1. The molecule has 0 amide bonds. The van der Waals surface area contributed by atoms with Crippen LogP contribution < -0.4 is 0 Å². The number of rotatable bonds is 2. The highest BCUT2D eigenvalue weighted by molar-refractivity contribution is 6.00. The van der Waals surface area contributed by atoms with Gasteiger partial charge in [-0.2, -0.15) is 0 Å². The van der Waals surface area contributed by atoms with E-state index in [1.54, 1.807) is 13.2 Å². The number of ketones is 1. The van der Waals surface area contributed by atoms with Crippen molar-refractivity contribution in [1.29, 1.82) is 0 Å². The maximum atomic E-state index is 12.6. The molecule has 0 bridgehead atoms. The largest absolute Gasteiger partial charge is 0.501 e. The molecule has 5 nitrogen and oxygen atoms in total. The van der Waals surface area contributed by atoms with Crippen molar-refractivity contribution in [2.45, 2.75) is 31.2 Å². The second kappa shape index (κ2) is 4.88. The fourth-order valence-electron chi connectivity index (χ4n) is 4.42. The summed E-state index contributed by atoms with van der Waals surface area (Å²) in [5.74, 6) is 0.0332. The molecule has 1 aliphatic carbocycles. The van der Waals surface area contributed by atoms with Gasteiger partial charge in [-0.15, -0.1) is 0 Å². The summed E-state index contributed by atoms with van der Waals surface area (Å²) in [6.45, 7) is 1.71. The smallest absolute Gasteiger partial charge is 0.327 e. The minimum absolute atomic E-state index is 0.00935. The van der Waals surface area contributed by atoms with Gasteiger partial charge in [0.1, 0.15) is 11.3 Å². The third-order valence-electron chi connectivity index (χ3n) is 5.15. The van der Waals surface area contributed by atoms with Crippen LogP contribution in [0, 0.1) is 11.8 Å². The summed E-state index contributed by atoms with van der Waals surface area (Å²) in [5.41, 5.74) is -0.831. The van der Waals surface area contributed by atoms with E-state index in [0.717, 1.165) is 38.8 Å². The number of allylic oxidation sites excluding steroid dienone is 1. The van der Waals surface area contributed by atoms with Crippen LogP contribution in [0.2, 0.25) is 0 Å². The molecule has 2 heterocycles. The number of hydrogen-bond donors (Lipinski definition) is 0. The average molecular weight is 279 g/mol. The summed E-state index contributed by atoms with van der Waals surface area (Å²) in [4.78, 5) is 27.3. The van der Waals surface area contributed by atoms with Gasteiger partial charge in [0.15, 0.2) is 5.78 Å². The van der Waals surface area contributed by atoms with Gasteiger partial charge < -0.3 is 9.47 Å². The summed E-state index contributed by atoms with van der Waals surface area (Å²) < 4.78 is 10.5. The van der Waals surface area contributed by atoms with Crippen molar-refractivity contribution in [3.8, 4) is 0 Å². The monoisotopic (exact) mass is 279 g/mol. The van der Waals surface area contributed by atoms with Gasteiger partial charge in [-0.3, -0.25) is 9.69 Å². The summed E-state index contributed by atoms with van der Waals surface area (Å²) in [5, 5.41) is 0. The molecule has 0 spiro atoms. The van der Waals surface area contributed by atoms with Gasteiger partial charge in [-0.1, -0.05) is 0 Å². The highest BCUT2D eigenvalue weighted by atomic mass is 16.5. The summed E-state index contributed by atoms with van der Waals surface area (Å²) in [7, 11) is 2.99. The zero-order valence-corrected chi connectivity index (χ0v) is 12.1. The van der Waals surface area contributed by atoms with Crippen LogP contribution in [-0.2, 0) is 19.1 Å². The minimum atomic E-state index is -0.831. The van der Waals surface area contributed by atoms with Crippen LogP contribution in [0.4, 0.5) is 0 Å². The Hall–Kier alpha value is -1.36. The Bertz CT molecular complexity index is 470. The quantitative estimate of drug-likeness (QED) is 0.709. The van der Waals surface area contributed by atoms with Crippen LogP contribution in [-0.4, -0.2) is 49.5 Å². The Labute approximate surface area is 118 Å². The molecule has 0 aromatic heterocycles. The van der Waals surface area contributed by atoms with Gasteiger partial charge in [0, 0.05) is 12.0 Å². The first-order valence-electron chi connectivity index (χ1n) is 7.29. The van der Waals surface area contributed by atoms with Gasteiger partial charge in [-0.05, 0) is 38.8 Å². The van der Waals surface area contributed by atoms with Gasteiger partial charge >= 0.3 is 5.97 Å². The summed E-state index contributed by atoms with van der Waals surface area (Å²) in [6, 6.07) is 0. The number of carbonyl (C=O) groups excluding carboxylic acids is 2. The first-order chi connectivity index (χ1) is 9.66. The van der Waals surface area contributed by atoms with Crippen molar-refractivity contribution < 1.29 is 19.1 Å². The van der Waals surface area contributed by atoms with Crippen LogP contribution in [0.3, 0.4) is 0 Å². The fraction of sp³-hybridized carbons (Fsp3) is 0.733. The van der Waals surface area contributed by atoms with E-state index in [0.29, 0.717) is 5.76 Å². The highest BCUT2D eigenvalue weighted by Gasteiger charge is 2.64. The van der Waals surface area contributed by atoms with Crippen molar-refractivity contribution in [2.75, 3.05) is 27.3 Å². The second-order valence-corrected chi connectivity index (χ2v) is 5.85. The SMILES string of the molecule is COC(=O)C12C3CCCN1CCCC2C(OC)=CC3=O. The number of ether oxygens (including phenoxy) is 2. The minimum Gasteiger partial charge on any atom is -0.501 e. The molecule has 0 N–H and O–H groups in total. The number of hydrogen-bond acceptors (Lipinski definition) is 5. The van der Waals surface area contributed by atoms with E-state index in [1.807, 2.05) is 0 Å². The van der Waals surface area contributed by atoms with Crippen molar-refractivity contribution in [1.82, 2.24) is 4.90 Å². The fourth-order valence-corrected chi connectivity index (χ4v) is 4.42. The lowest BCUT2D eigenvalue weighted by molar-refractivity contribution is -0.178. The van der Waals surface area contributed by atoms with Gasteiger partial charge in [0.2, 0.25) is 0 Å². The molecule has 0 aromatic carbocycles. The lowest BCUT2D eigenvalue weighted by atomic mass is 9.60. The van der Waals surface area contributed by atoms with Crippen LogP contribution in [0.5, 0.6) is 0 Å². The van der Waals surface area contributed by atoms with Crippen molar-refractivity contribution in [3.63, 3.8) is 0 Å². The number of esters is 1. The normalized spacial score (nSPS) is 36.9. The molecular weight excluding hydrogens is 258 g/mol. The molecule has 3 aliphatic rings. The Balaban J connectivity index is 2.17. The molecule has 0 aromatic rings. The first-order valence-corrected chi connectivity index (χ1v) is 7.29. The highest BCUT2D eigenvalue weighted by Crippen LogP contribution is 2.51. The molecule has 0 radical (unpaired) electrons. The van der Waals surface area contributed by atoms with E-state index >= 15 is 0 Å². The molecule has 3 rings (SSSR count). The van der Waals surface area contributed by atoms with E-state index in [-0.39, 0.29) is 23.6 Å². The molecule has 5 heteroatoms. The average Bonchev–Trinajstić information content (AvgIpc) is 2.49.